The molecule has 0 bridgehead atoms. The van der Waals surface area contributed by atoms with Crippen molar-refractivity contribution in [1.82, 2.24) is 9.61 Å². The van der Waals surface area contributed by atoms with E-state index in [2.05, 4.69) is 47.0 Å². The van der Waals surface area contributed by atoms with Crippen LogP contribution in [-0.2, 0) is 6.42 Å². The summed E-state index contributed by atoms with van der Waals surface area (Å²) in [6.07, 6.45) is 2.54. The van der Waals surface area contributed by atoms with Gasteiger partial charge in [-0.05, 0) is 53.0 Å². The fourth-order valence-corrected chi connectivity index (χ4v) is 2.78. The fourth-order valence-electron chi connectivity index (χ4n) is 2.37. The number of rotatable bonds is 2. The zero-order valence-corrected chi connectivity index (χ0v) is 13.0. The van der Waals surface area contributed by atoms with Gasteiger partial charge in [0.25, 0.3) is 0 Å². The molecule has 0 spiro atoms. The Morgan fingerprint density at radius 1 is 1.15 bits per heavy atom. The molecule has 3 rings (SSSR count). The van der Waals surface area contributed by atoms with Gasteiger partial charge in [0.2, 0.25) is 0 Å². The molecular formula is C16H15BrN2O. The van der Waals surface area contributed by atoms with Gasteiger partial charge in [0.15, 0.2) is 0 Å². The maximum Gasteiger partial charge on any atom is 0.133 e. The van der Waals surface area contributed by atoms with Crippen LogP contribution < -0.4 is 0 Å². The van der Waals surface area contributed by atoms with E-state index in [-0.39, 0.29) is 0 Å². The summed E-state index contributed by atoms with van der Waals surface area (Å²) >= 11 is 3.35. The molecule has 0 fully saturated rings. The standard InChI is InChI=1S/C16H15BrN2O/c1-10-6-7-15-13(9-18-19(15)11(10)2)8-12-4-3-5-14(17)16(12)20/h3-7,9,20H,8H2,1-2H3. The summed E-state index contributed by atoms with van der Waals surface area (Å²) in [6, 6.07) is 9.89. The van der Waals surface area contributed by atoms with Crippen molar-refractivity contribution in [2.45, 2.75) is 20.3 Å². The highest BCUT2D eigenvalue weighted by atomic mass is 79.9. The largest absolute Gasteiger partial charge is 0.506 e. The molecule has 2 aromatic heterocycles. The molecule has 1 N–H and O–H groups in total. The molecule has 4 heteroatoms. The van der Waals surface area contributed by atoms with Crippen LogP contribution in [0.25, 0.3) is 5.52 Å². The molecule has 20 heavy (non-hydrogen) atoms. The highest BCUT2D eigenvalue weighted by Gasteiger charge is 2.11. The monoisotopic (exact) mass is 330 g/mol. The third-order valence-corrected chi connectivity index (χ3v) is 4.36. The fraction of sp³-hybridized carbons (Fsp3) is 0.188. The Morgan fingerprint density at radius 3 is 2.75 bits per heavy atom. The number of phenols is 1. The summed E-state index contributed by atoms with van der Waals surface area (Å²) in [5.74, 6) is 0.302. The molecule has 102 valence electrons. The summed E-state index contributed by atoms with van der Waals surface area (Å²) in [5.41, 5.74) is 5.46. The van der Waals surface area contributed by atoms with Gasteiger partial charge in [0.05, 0.1) is 16.2 Å². The highest BCUT2D eigenvalue weighted by molar-refractivity contribution is 9.10. The van der Waals surface area contributed by atoms with Gasteiger partial charge in [0.1, 0.15) is 5.75 Å². The molecule has 1 aromatic carbocycles. The number of hydrogen-bond donors (Lipinski definition) is 1. The Hall–Kier alpha value is -1.81. The maximum atomic E-state index is 10.1. The molecule has 0 saturated carbocycles. The van der Waals surface area contributed by atoms with Crippen LogP contribution in [0.3, 0.4) is 0 Å². The summed E-state index contributed by atoms with van der Waals surface area (Å²) < 4.78 is 2.68. The van der Waals surface area contributed by atoms with Crippen LogP contribution in [0, 0.1) is 13.8 Å². The van der Waals surface area contributed by atoms with Crippen LogP contribution in [0.4, 0.5) is 0 Å². The van der Waals surface area contributed by atoms with Crippen LogP contribution in [0.2, 0.25) is 0 Å². The maximum absolute atomic E-state index is 10.1. The van der Waals surface area contributed by atoms with E-state index >= 15 is 0 Å². The zero-order valence-electron chi connectivity index (χ0n) is 11.4. The molecule has 0 aliphatic carbocycles. The van der Waals surface area contributed by atoms with Crippen LogP contribution in [0.15, 0.2) is 41.0 Å². The summed E-state index contributed by atoms with van der Waals surface area (Å²) in [5, 5.41) is 14.5. The Balaban J connectivity index is 2.08. The van der Waals surface area contributed by atoms with Crippen LogP contribution in [-0.4, -0.2) is 14.7 Å². The number of fused-ring (bicyclic) bond motifs is 1. The van der Waals surface area contributed by atoms with Crippen molar-refractivity contribution in [3.63, 3.8) is 0 Å². The third-order valence-electron chi connectivity index (χ3n) is 3.72. The van der Waals surface area contributed by atoms with E-state index in [1.807, 2.05) is 28.9 Å². The first-order chi connectivity index (χ1) is 9.58. The predicted octanol–water partition coefficient (Wildman–Crippen LogP) is 4.01. The lowest BCUT2D eigenvalue weighted by Gasteiger charge is -2.06. The Morgan fingerprint density at radius 2 is 1.95 bits per heavy atom. The number of para-hydroxylation sites is 1. The number of aromatic nitrogens is 2. The second-order valence-electron chi connectivity index (χ2n) is 4.99. The van der Waals surface area contributed by atoms with Gasteiger partial charge >= 0.3 is 0 Å². The van der Waals surface area contributed by atoms with Crippen molar-refractivity contribution in [2.75, 3.05) is 0 Å². The minimum Gasteiger partial charge on any atom is -0.506 e. The second-order valence-corrected chi connectivity index (χ2v) is 5.85. The molecule has 2 heterocycles. The molecule has 3 aromatic rings. The van der Waals surface area contributed by atoms with Gasteiger partial charge in [-0.25, -0.2) is 4.52 Å². The van der Waals surface area contributed by atoms with Gasteiger partial charge in [-0.3, -0.25) is 0 Å². The van der Waals surface area contributed by atoms with E-state index in [9.17, 15) is 5.11 Å². The highest BCUT2D eigenvalue weighted by Crippen LogP contribution is 2.30. The van der Waals surface area contributed by atoms with Gasteiger partial charge in [0, 0.05) is 17.7 Å². The van der Waals surface area contributed by atoms with Crippen molar-refractivity contribution < 1.29 is 5.11 Å². The van der Waals surface area contributed by atoms with Gasteiger partial charge in [-0.1, -0.05) is 18.2 Å². The Bertz CT molecular complexity index is 793. The molecule has 0 saturated heterocycles. The van der Waals surface area contributed by atoms with Crippen LogP contribution in [0.1, 0.15) is 22.4 Å². The molecule has 0 aliphatic heterocycles. The van der Waals surface area contributed by atoms with E-state index in [1.54, 1.807) is 0 Å². The number of nitrogens with zero attached hydrogens (tertiary/aromatic N) is 2. The molecule has 0 unspecified atom stereocenters. The first-order valence-electron chi connectivity index (χ1n) is 6.47. The van der Waals surface area contributed by atoms with Gasteiger partial charge in [-0.15, -0.1) is 0 Å². The minimum atomic E-state index is 0.302. The first kappa shape index (κ1) is 13.2. The number of phenolic OH excluding ortho intramolecular Hbond substituents is 1. The topological polar surface area (TPSA) is 37.5 Å². The van der Waals surface area contributed by atoms with Crippen molar-refractivity contribution in [3.05, 3.63) is 63.4 Å². The minimum absolute atomic E-state index is 0.302. The number of halogens is 1. The van der Waals surface area contributed by atoms with Crippen molar-refractivity contribution >= 4 is 21.4 Å². The predicted molar refractivity (Wildman–Crippen MR) is 83.3 cm³/mol. The third kappa shape index (κ3) is 2.10. The van der Waals surface area contributed by atoms with Crippen LogP contribution >= 0.6 is 15.9 Å². The average molecular weight is 331 g/mol. The summed E-state index contributed by atoms with van der Waals surface area (Å²) in [4.78, 5) is 0. The summed E-state index contributed by atoms with van der Waals surface area (Å²) in [6.45, 7) is 4.14. The van der Waals surface area contributed by atoms with E-state index in [4.69, 9.17) is 0 Å². The first-order valence-corrected chi connectivity index (χ1v) is 7.26. The quantitative estimate of drug-likeness (QED) is 0.770. The molecule has 3 nitrogen and oxygen atoms in total. The van der Waals surface area contributed by atoms with Crippen LogP contribution in [0.5, 0.6) is 5.75 Å². The number of benzene rings is 1. The number of pyridine rings is 1. The molecule has 0 amide bonds. The molecule has 0 radical (unpaired) electrons. The van der Waals surface area contributed by atoms with Gasteiger partial charge < -0.3 is 5.11 Å². The average Bonchev–Trinajstić information content (AvgIpc) is 2.83. The van der Waals surface area contributed by atoms with E-state index < -0.39 is 0 Å². The van der Waals surface area contributed by atoms with E-state index in [0.717, 1.165) is 26.8 Å². The smallest absolute Gasteiger partial charge is 0.133 e. The molecule has 0 atom stereocenters. The molecular weight excluding hydrogens is 316 g/mol. The van der Waals surface area contributed by atoms with E-state index in [1.165, 1.54) is 5.56 Å². The SMILES string of the molecule is Cc1ccc2c(Cc3cccc(Br)c3O)cnn2c1C. The molecule has 0 aliphatic rings. The normalized spacial score (nSPS) is 11.2. The lowest BCUT2D eigenvalue weighted by atomic mass is 10.0. The number of hydrogen-bond acceptors (Lipinski definition) is 2. The number of aryl methyl sites for hydroxylation is 2. The van der Waals surface area contributed by atoms with Gasteiger partial charge in [-0.2, -0.15) is 5.10 Å². The Kier molecular flexibility index (Phi) is 3.26. The Labute approximate surface area is 126 Å². The summed E-state index contributed by atoms with van der Waals surface area (Å²) in [7, 11) is 0. The van der Waals surface area contributed by atoms with Crippen molar-refractivity contribution in [2.24, 2.45) is 0 Å². The van der Waals surface area contributed by atoms with E-state index in [0.29, 0.717) is 12.2 Å². The lowest BCUT2D eigenvalue weighted by Crippen LogP contribution is -1.96. The lowest BCUT2D eigenvalue weighted by molar-refractivity contribution is 0.466. The number of aromatic hydroxyl groups is 1. The van der Waals surface area contributed by atoms with Crippen molar-refractivity contribution in [1.29, 1.82) is 0 Å². The zero-order chi connectivity index (χ0) is 14.3. The van der Waals surface area contributed by atoms with Crippen molar-refractivity contribution in [3.8, 4) is 5.75 Å². The second kappa shape index (κ2) is 4.94.